The predicted molar refractivity (Wildman–Crippen MR) is 74.1 cm³/mol. The minimum absolute atomic E-state index is 0.316. The molecule has 3 rings (SSSR count). The molecule has 0 N–H and O–H groups in total. The molecule has 0 atom stereocenters. The second-order valence-corrected chi connectivity index (χ2v) is 7.15. The van der Waals surface area contributed by atoms with Crippen LogP contribution in [-0.4, -0.2) is 13.1 Å². The highest BCUT2D eigenvalue weighted by atomic mass is 15.2. The fourth-order valence-corrected chi connectivity index (χ4v) is 3.53. The fourth-order valence-electron chi connectivity index (χ4n) is 3.53. The molecule has 2 aliphatic heterocycles. The maximum Gasteiger partial charge on any atom is 0.0443 e. The van der Waals surface area contributed by atoms with E-state index in [9.17, 15) is 0 Å². The molecule has 0 fully saturated rings. The fraction of sp³-hybridized carbons (Fsp3) is 0.625. The first-order valence-electron chi connectivity index (χ1n) is 6.72. The first kappa shape index (κ1) is 11.1. The highest BCUT2D eigenvalue weighted by molar-refractivity contribution is 5.71. The summed E-state index contributed by atoms with van der Waals surface area (Å²) in [4.78, 5) is 2.61. The van der Waals surface area contributed by atoms with Crippen LogP contribution in [0.15, 0.2) is 12.1 Å². The summed E-state index contributed by atoms with van der Waals surface area (Å²) in [7, 11) is 0. The Balaban J connectivity index is 2.31. The van der Waals surface area contributed by atoms with E-state index < -0.39 is 0 Å². The van der Waals surface area contributed by atoms with Crippen molar-refractivity contribution in [1.82, 2.24) is 0 Å². The van der Waals surface area contributed by atoms with Gasteiger partial charge in [0, 0.05) is 24.2 Å². The molecule has 0 bridgehead atoms. The normalized spacial score (nSPS) is 23.7. The van der Waals surface area contributed by atoms with Gasteiger partial charge in [-0.3, -0.25) is 0 Å². The Labute approximate surface area is 105 Å². The maximum atomic E-state index is 2.61. The van der Waals surface area contributed by atoms with Gasteiger partial charge >= 0.3 is 0 Å². The van der Waals surface area contributed by atoms with Crippen LogP contribution in [0.5, 0.6) is 0 Å². The zero-order chi connectivity index (χ0) is 12.4. The smallest absolute Gasteiger partial charge is 0.0443 e. The molecule has 0 aromatic heterocycles. The highest BCUT2D eigenvalue weighted by Crippen LogP contribution is 2.50. The second-order valence-electron chi connectivity index (χ2n) is 7.15. The summed E-state index contributed by atoms with van der Waals surface area (Å²) >= 11 is 0. The number of benzene rings is 1. The minimum atomic E-state index is 0.316. The van der Waals surface area contributed by atoms with E-state index in [0.29, 0.717) is 10.8 Å². The summed E-state index contributed by atoms with van der Waals surface area (Å²) in [5.41, 5.74) is 6.77. The molecule has 0 radical (unpaired) electrons. The first-order valence-corrected chi connectivity index (χ1v) is 6.72. The molecule has 1 heteroatoms. The molecule has 92 valence electrons. The van der Waals surface area contributed by atoms with Crippen LogP contribution in [0.2, 0.25) is 0 Å². The topological polar surface area (TPSA) is 3.24 Å². The summed E-state index contributed by atoms with van der Waals surface area (Å²) < 4.78 is 0. The molecule has 1 aromatic rings. The number of anilines is 1. The predicted octanol–water partition coefficient (Wildman–Crippen LogP) is 3.77. The number of hydrogen-bond donors (Lipinski definition) is 0. The Morgan fingerprint density at radius 3 is 2.24 bits per heavy atom. The van der Waals surface area contributed by atoms with Crippen LogP contribution >= 0.6 is 0 Å². The maximum absolute atomic E-state index is 2.61. The summed E-state index contributed by atoms with van der Waals surface area (Å²) in [6.07, 6.45) is 1.28. The lowest BCUT2D eigenvalue weighted by molar-refractivity contribution is 0.450. The third-order valence-electron chi connectivity index (χ3n) is 4.62. The first-order chi connectivity index (χ1) is 7.81. The molecule has 0 saturated carbocycles. The summed E-state index contributed by atoms with van der Waals surface area (Å²) in [5.74, 6) is 0. The summed E-state index contributed by atoms with van der Waals surface area (Å²) in [5, 5.41) is 0. The monoisotopic (exact) mass is 229 g/mol. The molecule has 0 spiro atoms. The van der Waals surface area contributed by atoms with Gasteiger partial charge in [0.1, 0.15) is 0 Å². The molecular weight excluding hydrogens is 206 g/mol. The van der Waals surface area contributed by atoms with Crippen molar-refractivity contribution < 1.29 is 0 Å². The van der Waals surface area contributed by atoms with Crippen molar-refractivity contribution >= 4 is 5.69 Å². The number of hydrogen-bond acceptors (Lipinski definition) is 1. The Hall–Kier alpha value is -0.980. The lowest BCUT2D eigenvalue weighted by atomic mass is 9.75. The van der Waals surface area contributed by atoms with E-state index in [2.05, 4.69) is 51.7 Å². The minimum Gasteiger partial charge on any atom is -0.370 e. The zero-order valence-corrected chi connectivity index (χ0v) is 11.7. The van der Waals surface area contributed by atoms with Crippen LogP contribution in [0.3, 0.4) is 0 Å². The van der Waals surface area contributed by atoms with Crippen LogP contribution in [-0.2, 0) is 10.8 Å². The van der Waals surface area contributed by atoms with E-state index in [4.69, 9.17) is 0 Å². The van der Waals surface area contributed by atoms with E-state index >= 15 is 0 Å². The molecule has 0 saturated heterocycles. The van der Waals surface area contributed by atoms with Crippen molar-refractivity contribution in [3.05, 3.63) is 28.8 Å². The quantitative estimate of drug-likeness (QED) is 0.654. The van der Waals surface area contributed by atoms with Crippen molar-refractivity contribution in [2.75, 3.05) is 18.0 Å². The van der Waals surface area contributed by atoms with Crippen molar-refractivity contribution in [3.8, 4) is 0 Å². The van der Waals surface area contributed by atoms with Gasteiger partial charge in [0.05, 0.1) is 0 Å². The standard InChI is InChI=1S/C16H23N/c1-11-8-12-14-13(9-11)16(4,5)10-17(14)7-6-15(12,2)3/h8-9H,6-7,10H2,1-5H3. The highest BCUT2D eigenvalue weighted by Gasteiger charge is 2.42. The summed E-state index contributed by atoms with van der Waals surface area (Å²) in [6, 6.07) is 4.81. The van der Waals surface area contributed by atoms with Crippen LogP contribution in [0.1, 0.15) is 50.8 Å². The zero-order valence-electron chi connectivity index (χ0n) is 11.7. The van der Waals surface area contributed by atoms with Gasteiger partial charge < -0.3 is 4.90 Å². The lowest BCUT2D eigenvalue weighted by Crippen LogP contribution is -2.37. The third kappa shape index (κ3) is 1.44. The van der Waals surface area contributed by atoms with E-state index in [1.807, 2.05) is 0 Å². The van der Waals surface area contributed by atoms with Gasteiger partial charge in [0.15, 0.2) is 0 Å². The van der Waals surface area contributed by atoms with Gasteiger partial charge in [0.2, 0.25) is 0 Å². The second kappa shape index (κ2) is 3.07. The van der Waals surface area contributed by atoms with E-state index in [1.54, 1.807) is 16.8 Å². The number of aryl methyl sites for hydroxylation is 1. The largest absolute Gasteiger partial charge is 0.370 e. The molecular formula is C16H23N. The molecule has 17 heavy (non-hydrogen) atoms. The Morgan fingerprint density at radius 1 is 1.00 bits per heavy atom. The molecule has 2 aliphatic rings. The van der Waals surface area contributed by atoms with Crippen molar-refractivity contribution in [1.29, 1.82) is 0 Å². The number of nitrogens with zero attached hydrogens (tertiary/aromatic N) is 1. The van der Waals surface area contributed by atoms with Gasteiger partial charge in [-0.1, -0.05) is 45.4 Å². The van der Waals surface area contributed by atoms with Gasteiger partial charge in [-0.25, -0.2) is 0 Å². The van der Waals surface area contributed by atoms with Crippen LogP contribution in [0.4, 0.5) is 5.69 Å². The van der Waals surface area contributed by atoms with Crippen LogP contribution < -0.4 is 4.90 Å². The van der Waals surface area contributed by atoms with Gasteiger partial charge in [-0.05, 0) is 29.9 Å². The van der Waals surface area contributed by atoms with Gasteiger partial charge in [0.25, 0.3) is 0 Å². The molecule has 1 aromatic carbocycles. The lowest BCUT2D eigenvalue weighted by Gasteiger charge is -2.38. The number of rotatable bonds is 0. The van der Waals surface area contributed by atoms with E-state index in [0.717, 1.165) is 0 Å². The average Bonchev–Trinajstić information content (AvgIpc) is 2.46. The summed E-state index contributed by atoms with van der Waals surface area (Å²) in [6.45, 7) is 14.2. The van der Waals surface area contributed by atoms with E-state index in [-0.39, 0.29) is 0 Å². The van der Waals surface area contributed by atoms with Crippen LogP contribution in [0.25, 0.3) is 0 Å². The van der Waals surface area contributed by atoms with Crippen molar-refractivity contribution in [2.45, 2.75) is 51.9 Å². The SMILES string of the molecule is Cc1cc2c3c(c1)C(C)(C)CN3CCC2(C)C. The Kier molecular flexibility index (Phi) is 2.01. The van der Waals surface area contributed by atoms with Gasteiger partial charge in [-0.15, -0.1) is 0 Å². The van der Waals surface area contributed by atoms with Crippen molar-refractivity contribution in [3.63, 3.8) is 0 Å². The third-order valence-corrected chi connectivity index (χ3v) is 4.62. The van der Waals surface area contributed by atoms with Crippen LogP contribution in [0, 0.1) is 6.92 Å². The molecule has 1 nitrogen and oxygen atoms in total. The Bertz CT molecular complexity index is 483. The molecule has 0 aliphatic carbocycles. The molecule has 0 unspecified atom stereocenters. The average molecular weight is 229 g/mol. The molecule has 2 heterocycles. The van der Waals surface area contributed by atoms with Gasteiger partial charge in [-0.2, -0.15) is 0 Å². The van der Waals surface area contributed by atoms with Crippen molar-refractivity contribution in [2.24, 2.45) is 0 Å². The Morgan fingerprint density at radius 2 is 1.59 bits per heavy atom. The van der Waals surface area contributed by atoms with E-state index in [1.165, 1.54) is 25.1 Å². The molecule has 0 amide bonds.